The molecular weight excluding hydrogens is 176 g/mol. The van der Waals surface area contributed by atoms with Crippen LogP contribution in [0.5, 0.6) is 0 Å². The highest BCUT2D eigenvalue weighted by molar-refractivity contribution is 5.89. The molecule has 14 heavy (non-hydrogen) atoms. The zero-order valence-corrected chi connectivity index (χ0v) is 9.01. The Labute approximate surface area is 86.0 Å². The first-order valence-corrected chi connectivity index (χ1v) is 5.16. The molecule has 1 fully saturated rings. The lowest BCUT2D eigenvalue weighted by Gasteiger charge is -2.37. The lowest BCUT2D eigenvalue weighted by atomic mass is 9.75. The van der Waals surface area contributed by atoms with Crippen LogP contribution < -0.4 is 0 Å². The molecule has 0 aromatic rings. The number of rotatable bonds is 3. The van der Waals surface area contributed by atoms with Gasteiger partial charge in [-0.15, -0.1) is 6.42 Å². The summed E-state index contributed by atoms with van der Waals surface area (Å²) in [6, 6.07) is 0. The molecule has 0 aromatic heterocycles. The van der Waals surface area contributed by atoms with Gasteiger partial charge in [-0.1, -0.05) is 19.3 Å². The molecule has 2 nitrogen and oxygen atoms in total. The van der Waals surface area contributed by atoms with Crippen molar-refractivity contribution < 1.29 is 9.53 Å². The molecule has 0 saturated heterocycles. The van der Waals surface area contributed by atoms with Gasteiger partial charge in [0.2, 0.25) is 0 Å². The fraction of sp³-hybridized carbons (Fsp3) is 0.750. The Morgan fingerprint density at radius 1 is 1.71 bits per heavy atom. The summed E-state index contributed by atoms with van der Waals surface area (Å²) in [7, 11) is 1.62. The monoisotopic (exact) mass is 194 g/mol. The van der Waals surface area contributed by atoms with Crippen molar-refractivity contribution in [3.63, 3.8) is 0 Å². The number of hydrogen-bond acceptors (Lipinski definition) is 2. The van der Waals surface area contributed by atoms with Gasteiger partial charge in [0.1, 0.15) is 5.60 Å². The number of carbonyl (C=O) groups is 1. The third-order valence-electron chi connectivity index (χ3n) is 3.12. The topological polar surface area (TPSA) is 26.3 Å². The molecule has 1 aliphatic carbocycles. The second-order valence-electron chi connectivity index (χ2n) is 4.20. The van der Waals surface area contributed by atoms with Crippen LogP contribution in [0.25, 0.3) is 0 Å². The average Bonchev–Trinajstić information content (AvgIpc) is 2.18. The van der Waals surface area contributed by atoms with Crippen molar-refractivity contribution >= 4 is 5.78 Å². The molecule has 0 aliphatic heterocycles. The van der Waals surface area contributed by atoms with E-state index in [1.807, 2.05) is 0 Å². The minimum atomic E-state index is -0.579. The van der Waals surface area contributed by atoms with Crippen LogP contribution in [0.1, 0.15) is 39.0 Å². The van der Waals surface area contributed by atoms with E-state index >= 15 is 0 Å². The van der Waals surface area contributed by atoms with Gasteiger partial charge in [-0.05, 0) is 25.2 Å². The van der Waals surface area contributed by atoms with Crippen molar-refractivity contribution in [1.82, 2.24) is 0 Å². The summed E-state index contributed by atoms with van der Waals surface area (Å²) in [6.45, 7) is 2.16. The largest absolute Gasteiger partial charge is 0.370 e. The fourth-order valence-electron chi connectivity index (χ4n) is 2.31. The van der Waals surface area contributed by atoms with Crippen LogP contribution in [-0.4, -0.2) is 18.5 Å². The molecular formula is C12H18O2. The van der Waals surface area contributed by atoms with E-state index in [1.54, 1.807) is 7.11 Å². The van der Waals surface area contributed by atoms with Gasteiger partial charge >= 0.3 is 0 Å². The Bertz CT molecular complexity index is 252. The maximum atomic E-state index is 11.8. The van der Waals surface area contributed by atoms with Crippen molar-refractivity contribution in [1.29, 1.82) is 0 Å². The van der Waals surface area contributed by atoms with Crippen molar-refractivity contribution in [3.05, 3.63) is 0 Å². The predicted octanol–water partition coefficient (Wildman–Crippen LogP) is 2.17. The number of carbonyl (C=O) groups excluding carboxylic acids is 1. The third-order valence-corrected chi connectivity index (χ3v) is 3.12. The van der Waals surface area contributed by atoms with E-state index in [-0.39, 0.29) is 12.2 Å². The van der Waals surface area contributed by atoms with Crippen LogP contribution in [0.4, 0.5) is 0 Å². The highest BCUT2D eigenvalue weighted by Crippen LogP contribution is 2.35. The molecule has 1 saturated carbocycles. The summed E-state index contributed by atoms with van der Waals surface area (Å²) in [5.41, 5.74) is -0.579. The highest BCUT2D eigenvalue weighted by Gasteiger charge is 2.40. The Morgan fingerprint density at radius 2 is 2.43 bits per heavy atom. The van der Waals surface area contributed by atoms with E-state index in [0.717, 1.165) is 19.3 Å². The molecule has 0 heterocycles. The van der Waals surface area contributed by atoms with Gasteiger partial charge in [-0.25, -0.2) is 0 Å². The minimum Gasteiger partial charge on any atom is -0.370 e. The highest BCUT2D eigenvalue weighted by atomic mass is 16.5. The summed E-state index contributed by atoms with van der Waals surface area (Å²) < 4.78 is 5.42. The number of ketones is 1. The summed E-state index contributed by atoms with van der Waals surface area (Å²) >= 11 is 0. The second kappa shape index (κ2) is 4.61. The van der Waals surface area contributed by atoms with Gasteiger partial charge < -0.3 is 4.74 Å². The average molecular weight is 194 g/mol. The van der Waals surface area contributed by atoms with Crippen LogP contribution in [0.15, 0.2) is 0 Å². The summed E-state index contributed by atoms with van der Waals surface area (Å²) in [4.78, 5) is 11.8. The molecule has 0 N–H and O–H groups in total. The van der Waals surface area contributed by atoms with Gasteiger partial charge in [-0.2, -0.15) is 0 Å². The standard InChI is InChI=1S/C12H18O2/c1-4-6-11(13)12(14-3)8-5-7-10(2)9-12/h1,10H,5-9H2,2-3H3. The Kier molecular flexibility index (Phi) is 3.71. The Morgan fingerprint density at radius 3 is 2.93 bits per heavy atom. The molecule has 1 aliphatic rings. The van der Waals surface area contributed by atoms with Crippen LogP contribution in [-0.2, 0) is 9.53 Å². The van der Waals surface area contributed by atoms with Crippen molar-refractivity contribution in [2.75, 3.05) is 7.11 Å². The van der Waals surface area contributed by atoms with E-state index in [9.17, 15) is 4.79 Å². The predicted molar refractivity (Wildman–Crippen MR) is 55.8 cm³/mol. The van der Waals surface area contributed by atoms with Gasteiger partial charge in [0.15, 0.2) is 5.78 Å². The van der Waals surface area contributed by atoms with E-state index < -0.39 is 5.60 Å². The van der Waals surface area contributed by atoms with Gasteiger partial charge in [-0.3, -0.25) is 4.79 Å². The summed E-state index contributed by atoms with van der Waals surface area (Å²) in [5, 5.41) is 0. The van der Waals surface area contributed by atoms with Crippen LogP contribution in [0.3, 0.4) is 0 Å². The SMILES string of the molecule is C#CCC(=O)C1(OC)CCCC(C)C1. The maximum Gasteiger partial charge on any atom is 0.176 e. The molecule has 0 spiro atoms. The van der Waals surface area contributed by atoms with E-state index in [4.69, 9.17) is 11.2 Å². The molecule has 2 atom stereocenters. The maximum absolute atomic E-state index is 11.8. The first-order chi connectivity index (χ1) is 6.64. The number of terminal acetylenes is 1. The zero-order chi connectivity index (χ0) is 10.6. The number of hydrogen-bond donors (Lipinski definition) is 0. The van der Waals surface area contributed by atoms with Crippen molar-refractivity contribution in [2.45, 2.75) is 44.6 Å². The smallest absolute Gasteiger partial charge is 0.176 e. The molecule has 2 unspecified atom stereocenters. The molecule has 78 valence electrons. The first-order valence-electron chi connectivity index (χ1n) is 5.16. The Hall–Kier alpha value is -0.810. The number of ether oxygens (including phenoxy) is 1. The molecule has 0 aromatic carbocycles. The van der Waals surface area contributed by atoms with Crippen molar-refractivity contribution in [3.8, 4) is 12.3 Å². The summed E-state index contributed by atoms with van der Waals surface area (Å²) in [6.07, 6.45) is 9.25. The van der Waals surface area contributed by atoms with Crippen LogP contribution in [0, 0.1) is 18.3 Å². The van der Waals surface area contributed by atoms with Crippen LogP contribution >= 0.6 is 0 Å². The third kappa shape index (κ3) is 2.16. The second-order valence-corrected chi connectivity index (χ2v) is 4.20. The number of methoxy groups -OCH3 is 1. The lowest BCUT2D eigenvalue weighted by molar-refractivity contribution is -0.145. The minimum absolute atomic E-state index is 0.0778. The molecule has 0 amide bonds. The quantitative estimate of drug-likeness (QED) is 0.644. The van der Waals surface area contributed by atoms with E-state index in [1.165, 1.54) is 6.42 Å². The first kappa shape index (κ1) is 11.3. The van der Waals surface area contributed by atoms with Crippen molar-refractivity contribution in [2.24, 2.45) is 5.92 Å². The normalized spacial score (nSPS) is 32.2. The number of Topliss-reactive ketones (excluding diaryl/α,β-unsaturated/α-hetero) is 1. The summed E-state index contributed by atoms with van der Waals surface area (Å²) in [5.74, 6) is 3.05. The lowest BCUT2D eigenvalue weighted by Crippen LogP contribution is -2.44. The Balaban J connectivity index is 2.75. The molecule has 0 radical (unpaired) electrons. The van der Waals surface area contributed by atoms with Gasteiger partial charge in [0.25, 0.3) is 0 Å². The molecule has 2 heteroatoms. The van der Waals surface area contributed by atoms with Gasteiger partial charge in [0.05, 0.1) is 6.42 Å². The zero-order valence-electron chi connectivity index (χ0n) is 9.01. The van der Waals surface area contributed by atoms with E-state index in [2.05, 4.69) is 12.8 Å². The van der Waals surface area contributed by atoms with Crippen LogP contribution in [0.2, 0.25) is 0 Å². The molecule has 0 bridgehead atoms. The molecule has 1 rings (SSSR count). The van der Waals surface area contributed by atoms with Gasteiger partial charge in [0, 0.05) is 7.11 Å². The fourth-order valence-corrected chi connectivity index (χ4v) is 2.31. The van der Waals surface area contributed by atoms with E-state index in [0.29, 0.717) is 5.92 Å².